The van der Waals surface area contributed by atoms with E-state index in [1.807, 2.05) is 23.5 Å². The van der Waals surface area contributed by atoms with Gasteiger partial charge in [0, 0.05) is 46.9 Å². The van der Waals surface area contributed by atoms with Crippen LogP contribution in [0.3, 0.4) is 0 Å². The summed E-state index contributed by atoms with van der Waals surface area (Å²) < 4.78 is 4.76. The fourth-order valence-electron chi connectivity index (χ4n) is 6.94. The van der Waals surface area contributed by atoms with E-state index in [1.54, 1.807) is 0 Å². The maximum atomic E-state index is 2.38. The average molecular weight is 887 g/mol. The first-order chi connectivity index (χ1) is 24.8. The molecule has 0 aromatic carbocycles. The first kappa shape index (κ1) is 52.0. The van der Waals surface area contributed by atoms with Gasteiger partial charge < -0.3 is 34.0 Å². The largest absolute Gasteiger partial charge is 1.00 e. The third-order valence-electron chi connectivity index (χ3n) is 10.3. The van der Waals surface area contributed by atoms with Crippen LogP contribution in [0.2, 0.25) is 0 Å². The van der Waals surface area contributed by atoms with Crippen LogP contribution < -0.4 is 43.1 Å². The lowest BCUT2D eigenvalue weighted by atomic mass is 10.0. The Labute approximate surface area is 354 Å². The van der Waals surface area contributed by atoms with Crippen LogP contribution in [0.15, 0.2) is 58.8 Å². The van der Waals surface area contributed by atoms with E-state index in [2.05, 4.69) is 72.0 Å². The molecule has 0 aliphatic heterocycles. The fourth-order valence-corrected chi connectivity index (χ4v) is 8.74. The van der Waals surface area contributed by atoms with Crippen molar-refractivity contribution in [1.82, 2.24) is 0 Å². The summed E-state index contributed by atoms with van der Waals surface area (Å²) in [6.07, 6.45) is 51.7. The lowest BCUT2D eigenvalue weighted by Crippen LogP contribution is -3.00. The lowest BCUT2D eigenvalue weighted by Gasteiger charge is -2.04. The molecule has 0 aliphatic carbocycles. The first-order valence-corrected chi connectivity index (χ1v) is 24.0. The van der Waals surface area contributed by atoms with Gasteiger partial charge in [-0.05, 0) is 37.2 Å². The van der Waals surface area contributed by atoms with Crippen molar-refractivity contribution < 1.29 is 43.1 Å². The summed E-state index contributed by atoms with van der Waals surface area (Å²) >= 11 is 4.04. The van der Waals surface area contributed by atoms with Gasteiger partial charge in [-0.1, -0.05) is 168 Å². The summed E-state index contributed by atoms with van der Waals surface area (Å²) in [6, 6.07) is 9.28. The number of aryl methyl sites for hydroxylation is 2. The van der Waals surface area contributed by atoms with Gasteiger partial charge in [-0.2, -0.15) is 0 Å². The smallest absolute Gasteiger partial charge is 0.169 e. The summed E-state index contributed by atoms with van der Waals surface area (Å²) in [6.45, 7) is 6.94. The van der Waals surface area contributed by atoms with E-state index in [4.69, 9.17) is 0 Å². The average Bonchev–Trinajstić information content (AvgIpc) is 3.14. The number of aromatic nitrogens is 2. The fraction of sp³-hybridized carbons (Fsp3) is 0.783. The van der Waals surface area contributed by atoms with Crippen molar-refractivity contribution in [2.45, 2.75) is 229 Å². The van der Waals surface area contributed by atoms with E-state index in [1.165, 1.54) is 227 Å². The number of halogens is 2. The molecule has 0 saturated carbocycles. The quantitative estimate of drug-likeness (QED) is 0.0381. The van der Waals surface area contributed by atoms with Crippen molar-refractivity contribution in [2.24, 2.45) is 0 Å². The normalized spacial score (nSPS) is 11.0. The third kappa shape index (κ3) is 32.2. The van der Waals surface area contributed by atoms with Gasteiger partial charge in [-0.3, -0.25) is 0 Å². The van der Waals surface area contributed by atoms with E-state index in [0.717, 1.165) is 0 Å². The molecule has 52 heavy (non-hydrogen) atoms. The van der Waals surface area contributed by atoms with Gasteiger partial charge in [0.15, 0.2) is 24.8 Å². The van der Waals surface area contributed by atoms with Gasteiger partial charge in [0.2, 0.25) is 0 Å². The molecule has 0 aliphatic rings. The molecule has 0 unspecified atom stereocenters. The van der Waals surface area contributed by atoms with Crippen LogP contribution in [-0.2, 0) is 13.1 Å². The van der Waals surface area contributed by atoms with Gasteiger partial charge in [-0.15, -0.1) is 23.5 Å². The standard InChI is InChI=1S/C46H82N2S2.2BrH/c1-3-5-7-9-11-13-15-17-19-21-23-25-27-29-37-47-39-33-45(34-40-47)49-43-31-32-44-50-46-35-41-48(42-36-46)38-30-28-26-24-22-20-18-16-14-12-10-8-6-4-2;;/h33-36,39-42H,3-32,37-38,43-44H2,1-2H3;2*1H/q+2;;/p-2. The molecule has 0 fully saturated rings. The number of thioether (sulfide) groups is 2. The van der Waals surface area contributed by atoms with Crippen molar-refractivity contribution in [1.29, 1.82) is 0 Å². The second-order valence-electron chi connectivity index (χ2n) is 15.1. The van der Waals surface area contributed by atoms with E-state index in [-0.39, 0.29) is 34.0 Å². The zero-order chi connectivity index (χ0) is 35.4. The van der Waals surface area contributed by atoms with Gasteiger partial charge in [0.05, 0.1) is 0 Å². The Bertz CT molecular complexity index is 894. The second-order valence-corrected chi connectivity index (χ2v) is 17.5. The number of hydrogen-bond acceptors (Lipinski definition) is 2. The Morgan fingerprint density at radius 1 is 0.327 bits per heavy atom. The van der Waals surface area contributed by atoms with E-state index in [0.29, 0.717) is 0 Å². The minimum atomic E-state index is 0. The molecule has 0 N–H and O–H groups in total. The van der Waals surface area contributed by atoms with Crippen molar-refractivity contribution in [3.8, 4) is 0 Å². The minimum Gasteiger partial charge on any atom is -1.00 e. The predicted molar refractivity (Wildman–Crippen MR) is 225 cm³/mol. The molecule has 302 valence electrons. The van der Waals surface area contributed by atoms with Gasteiger partial charge in [0.1, 0.15) is 13.1 Å². The van der Waals surface area contributed by atoms with E-state index < -0.39 is 0 Å². The molecule has 0 radical (unpaired) electrons. The molecule has 2 heterocycles. The first-order valence-electron chi connectivity index (χ1n) is 22.1. The zero-order valence-electron chi connectivity index (χ0n) is 34.1. The van der Waals surface area contributed by atoms with E-state index in [9.17, 15) is 0 Å². The molecule has 6 heteroatoms. The highest BCUT2D eigenvalue weighted by Gasteiger charge is 2.04. The molecule has 2 nitrogen and oxygen atoms in total. The number of unbranched alkanes of at least 4 members (excludes halogenated alkanes) is 27. The van der Waals surface area contributed by atoms with E-state index >= 15 is 0 Å². The Kier molecular flexibility index (Phi) is 40.6. The minimum absolute atomic E-state index is 0. The molecule has 0 amide bonds. The third-order valence-corrected chi connectivity index (χ3v) is 12.5. The maximum absolute atomic E-state index is 2.38. The summed E-state index contributed by atoms with van der Waals surface area (Å²) in [5.74, 6) is 2.44. The van der Waals surface area contributed by atoms with Crippen LogP contribution in [0.25, 0.3) is 0 Å². The molecule has 2 aromatic heterocycles. The molecule has 0 saturated heterocycles. The predicted octanol–water partition coefficient (Wildman–Crippen LogP) is 8.90. The zero-order valence-corrected chi connectivity index (χ0v) is 38.9. The molecule has 2 aromatic rings. The molecular weight excluding hydrogens is 804 g/mol. The molecule has 0 spiro atoms. The lowest BCUT2D eigenvalue weighted by molar-refractivity contribution is -0.697. The van der Waals surface area contributed by atoms with Crippen molar-refractivity contribution in [2.75, 3.05) is 11.5 Å². The number of hydrogen-bond donors (Lipinski definition) is 0. The second kappa shape index (κ2) is 40.6. The van der Waals surface area contributed by atoms with Crippen LogP contribution in [-0.4, -0.2) is 11.5 Å². The highest BCUT2D eigenvalue weighted by Crippen LogP contribution is 2.21. The summed E-state index contributed by atoms with van der Waals surface area (Å²) in [4.78, 5) is 2.84. The van der Waals surface area contributed by atoms with Crippen LogP contribution in [0.1, 0.15) is 206 Å². The summed E-state index contributed by atoms with van der Waals surface area (Å²) in [7, 11) is 0. The van der Waals surface area contributed by atoms with Crippen LogP contribution in [0, 0.1) is 0 Å². The summed E-state index contributed by atoms with van der Waals surface area (Å²) in [5.41, 5.74) is 0. The Balaban J connectivity index is 0.0000130. The molecule has 0 bridgehead atoms. The topological polar surface area (TPSA) is 7.76 Å². The van der Waals surface area contributed by atoms with Crippen molar-refractivity contribution in [3.63, 3.8) is 0 Å². The molecule has 0 atom stereocenters. The highest BCUT2D eigenvalue weighted by molar-refractivity contribution is 7.99. The molecular formula is C46H82Br2N2S2. The number of nitrogens with zero attached hydrogens (tertiary/aromatic N) is 2. The highest BCUT2D eigenvalue weighted by atomic mass is 79.9. The summed E-state index contributed by atoms with van der Waals surface area (Å²) in [5, 5.41) is 0. The Morgan fingerprint density at radius 3 is 0.808 bits per heavy atom. The molecule has 2 rings (SSSR count). The van der Waals surface area contributed by atoms with Crippen LogP contribution >= 0.6 is 23.5 Å². The van der Waals surface area contributed by atoms with Gasteiger partial charge in [-0.25, -0.2) is 9.13 Å². The Hall–Kier alpha value is -0.0400. The van der Waals surface area contributed by atoms with Crippen LogP contribution in [0.4, 0.5) is 0 Å². The SMILES string of the molecule is CCCCCCCCCCCCCCCC[n+]1ccc(SCCCCSc2cc[n+](CCCCCCCCCCCCCCCC)cc2)cc1.[Br-].[Br-]. The number of pyridine rings is 2. The Morgan fingerprint density at radius 2 is 0.558 bits per heavy atom. The van der Waals surface area contributed by atoms with Crippen molar-refractivity contribution in [3.05, 3.63) is 49.1 Å². The maximum Gasteiger partial charge on any atom is 0.169 e. The van der Waals surface area contributed by atoms with Crippen LogP contribution in [0.5, 0.6) is 0 Å². The van der Waals surface area contributed by atoms with Gasteiger partial charge in [0.25, 0.3) is 0 Å². The van der Waals surface area contributed by atoms with Gasteiger partial charge >= 0.3 is 0 Å². The monoisotopic (exact) mass is 884 g/mol. The number of rotatable bonds is 37. The van der Waals surface area contributed by atoms with Crippen molar-refractivity contribution >= 4 is 23.5 Å².